The second-order valence-electron chi connectivity index (χ2n) is 9.05. The van der Waals surface area contributed by atoms with Crippen molar-refractivity contribution < 1.29 is 47.7 Å². The van der Waals surface area contributed by atoms with Crippen LogP contribution in [0.2, 0.25) is 0 Å². The van der Waals surface area contributed by atoms with E-state index < -0.39 is 22.9 Å². The van der Waals surface area contributed by atoms with Crippen LogP contribution in [-0.2, 0) is 35.7 Å². The number of halogens is 2. The van der Waals surface area contributed by atoms with Gasteiger partial charge in [-0.15, -0.1) is 0 Å². The fourth-order valence-electron chi connectivity index (χ4n) is 4.99. The molecule has 0 fully saturated rings. The molecule has 172 valence electrons. The Morgan fingerprint density at radius 3 is 1.42 bits per heavy atom. The van der Waals surface area contributed by atoms with Gasteiger partial charge in [0.2, 0.25) is 0 Å². The van der Waals surface area contributed by atoms with Crippen molar-refractivity contribution in [1.29, 1.82) is 0 Å². The summed E-state index contributed by atoms with van der Waals surface area (Å²) in [4.78, 5) is 0. The molecule has 0 heterocycles. The van der Waals surface area contributed by atoms with Crippen LogP contribution in [0.5, 0.6) is 0 Å². The van der Waals surface area contributed by atoms with E-state index in [0.717, 1.165) is 12.8 Å². The van der Waals surface area contributed by atoms with Crippen LogP contribution in [0, 0.1) is 11.8 Å². The SMILES string of the molecule is CCc1cccc(C2=CC(C)[C]([Hf+2][C]3=C(C)C(c4cccc(CC)c4)=CC3C)=C2C)c1.[Cl-].[Cl-]. The molecule has 0 aliphatic heterocycles. The zero-order chi connectivity index (χ0) is 22.1. The van der Waals surface area contributed by atoms with Crippen molar-refractivity contribution in [2.24, 2.45) is 11.8 Å². The minimum absolute atomic E-state index is 0. The van der Waals surface area contributed by atoms with Crippen LogP contribution < -0.4 is 24.8 Å². The molecule has 4 rings (SSSR count). The molecule has 0 saturated heterocycles. The molecule has 0 nitrogen and oxygen atoms in total. The number of rotatable bonds is 6. The topological polar surface area (TPSA) is 0 Å². The molecule has 2 aromatic rings. The normalized spacial score (nSPS) is 19.6. The summed E-state index contributed by atoms with van der Waals surface area (Å²) in [5.74, 6) is 1.17. The smallest absolute Gasteiger partial charge is 1.00 e. The van der Waals surface area contributed by atoms with Crippen LogP contribution >= 0.6 is 0 Å². The summed E-state index contributed by atoms with van der Waals surface area (Å²) in [6, 6.07) is 18.3. The van der Waals surface area contributed by atoms with Crippen molar-refractivity contribution in [2.75, 3.05) is 0 Å². The summed E-state index contributed by atoms with van der Waals surface area (Å²) in [6.07, 6.45) is 7.26. The van der Waals surface area contributed by atoms with E-state index in [1.54, 1.807) is 17.8 Å². The summed E-state index contributed by atoms with van der Waals surface area (Å²) >= 11 is -1.10. The molecular weight excluding hydrogens is 610 g/mol. The molecule has 2 atom stereocenters. The van der Waals surface area contributed by atoms with Crippen molar-refractivity contribution in [2.45, 2.75) is 54.4 Å². The van der Waals surface area contributed by atoms with Crippen LogP contribution in [0.1, 0.15) is 63.8 Å². The first-order chi connectivity index (χ1) is 14.9. The van der Waals surface area contributed by atoms with Crippen LogP contribution in [-0.4, -0.2) is 0 Å². The average Bonchev–Trinajstić information content (AvgIpc) is 3.24. The maximum absolute atomic E-state index is 2.53. The van der Waals surface area contributed by atoms with Gasteiger partial charge in [0.1, 0.15) is 0 Å². The Balaban J connectivity index is 0.00000193. The Morgan fingerprint density at radius 1 is 0.667 bits per heavy atom. The van der Waals surface area contributed by atoms with Gasteiger partial charge in [-0.2, -0.15) is 0 Å². The molecular formula is C30H34Cl2Hf. The van der Waals surface area contributed by atoms with Gasteiger partial charge in [-0.25, -0.2) is 0 Å². The molecule has 2 aromatic carbocycles. The molecule has 2 aliphatic rings. The Labute approximate surface area is 224 Å². The molecule has 33 heavy (non-hydrogen) atoms. The van der Waals surface area contributed by atoms with E-state index in [2.05, 4.69) is 102 Å². The van der Waals surface area contributed by atoms with Crippen LogP contribution in [0.25, 0.3) is 11.1 Å². The Bertz CT molecular complexity index is 1040. The van der Waals surface area contributed by atoms with E-state index in [1.807, 2.05) is 0 Å². The van der Waals surface area contributed by atoms with Gasteiger partial charge in [0.05, 0.1) is 0 Å². The van der Waals surface area contributed by atoms with Crippen molar-refractivity contribution in [3.05, 3.63) is 101 Å². The second-order valence-corrected chi connectivity index (χ2v) is 13.8. The fourth-order valence-corrected chi connectivity index (χ4v) is 10.6. The van der Waals surface area contributed by atoms with Crippen molar-refractivity contribution in [3.8, 4) is 0 Å². The summed E-state index contributed by atoms with van der Waals surface area (Å²) in [5, 5.41) is 0. The third-order valence-corrected chi connectivity index (χ3v) is 14.8. The molecule has 0 aromatic heterocycles. The van der Waals surface area contributed by atoms with Gasteiger partial charge < -0.3 is 24.8 Å². The van der Waals surface area contributed by atoms with E-state index in [0.29, 0.717) is 11.8 Å². The first-order valence-corrected chi connectivity index (χ1v) is 15.3. The Morgan fingerprint density at radius 2 is 1.06 bits per heavy atom. The van der Waals surface area contributed by atoms with E-state index in [4.69, 9.17) is 0 Å². The van der Waals surface area contributed by atoms with E-state index in [1.165, 1.54) is 33.4 Å². The summed E-state index contributed by atoms with van der Waals surface area (Å²) < 4.78 is 3.57. The van der Waals surface area contributed by atoms with Crippen molar-refractivity contribution in [3.63, 3.8) is 0 Å². The third kappa shape index (κ3) is 5.75. The number of aryl methyl sites for hydroxylation is 2. The van der Waals surface area contributed by atoms with Gasteiger partial charge in [0, 0.05) is 0 Å². The second kappa shape index (κ2) is 12.0. The van der Waals surface area contributed by atoms with Gasteiger partial charge in [-0.3, -0.25) is 0 Å². The fraction of sp³-hybridized carbons (Fsp3) is 0.333. The third-order valence-electron chi connectivity index (χ3n) is 6.92. The maximum Gasteiger partial charge on any atom is -1.00 e. The van der Waals surface area contributed by atoms with Crippen LogP contribution in [0.4, 0.5) is 0 Å². The minimum Gasteiger partial charge on any atom is -1.00 e. The Kier molecular flexibility index (Phi) is 10.2. The van der Waals surface area contributed by atoms with Crippen molar-refractivity contribution >= 4 is 11.1 Å². The molecule has 0 amide bonds. The standard InChI is InChI=1S/2C15H17.2ClH.Hf/c2*1-4-13-6-5-7-14(10-13)15-9-11(2)8-12(15)3;;;/h2*5-7,9-11H,4H2,1-3H3;2*1H;/q;;;;+2/p-2. The van der Waals surface area contributed by atoms with Gasteiger partial charge >= 0.3 is 201 Å². The Hall–Kier alpha value is -1.15. The maximum atomic E-state index is 2.53. The summed E-state index contributed by atoms with van der Waals surface area (Å²) in [5.41, 5.74) is 11.8. The van der Waals surface area contributed by atoms with Crippen LogP contribution in [0.15, 0.2) is 78.5 Å². The van der Waals surface area contributed by atoms with E-state index in [9.17, 15) is 0 Å². The van der Waals surface area contributed by atoms with Gasteiger partial charge in [0.15, 0.2) is 0 Å². The molecule has 3 heteroatoms. The van der Waals surface area contributed by atoms with Gasteiger partial charge in [-0.05, 0) is 0 Å². The molecule has 0 N–H and O–H groups in total. The summed E-state index contributed by atoms with van der Waals surface area (Å²) in [7, 11) is 0. The monoisotopic (exact) mass is 644 g/mol. The molecule has 0 saturated carbocycles. The first-order valence-electron chi connectivity index (χ1n) is 11.7. The largest absolute Gasteiger partial charge is 1.00 e. The van der Waals surface area contributed by atoms with Gasteiger partial charge in [-0.1, -0.05) is 0 Å². The molecule has 2 unspecified atom stereocenters. The molecule has 0 spiro atoms. The quantitative estimate of drug-likeness (QED) is 0.424. The predicted molar refractivity (Wildman–Crippen MR) is 131 cm³/mol. The minimum atomic E-state index is -1.10. The average molecular weight is 644 g/mol. The molecule has 0 radical (unpaired) electrons. The predicted octanol–water partition coefficient (Wildman–Crippen LogP) is 2.22. The number of allylic oxidation sites excluding steroid dienone is 8. The number of hydrogen-bond donors (Lipinski definition) is 0. The number of benzene rings is 2. The zero-order valence-corrected chi connectivity index (χ0v) is 25.7. The van der Waals surface area contributed by atoms with Crippen LogP contribution in [0.3, 0.4) is 0 Å². The first kappa shape index (κ1) is 28.1. The van der Waals surface area contributed by atoms with E-state index in [-0.39, 0.29) is 24.8 Å². The summed E-state index contributed by atoms with van der Waals surface area (Å²) in [6.45, 7) is 14.1. The van der Waals surface area contributed by atoms with E-state index >= 15 is 0 Å². The number of hydrogen-bond acceptors (Lipinski definition) is 0. The van der Waals surface area contributed by atoms with Crippen molar-refractivity contribution in [1.82, 2.24) is 0 Å². The molecule has 0 bridgehead atoms. The van der Waals surface area contributed by atoms with Gasteiger partial charge in [0.25, 0.3) is 0 Å². The molecule has 2 aliphatic carbocycles. The zero-order valence-electron chi connectivity index (χ0n) is 20.6.